The molecule has 0 bridgehead atoms. The normalized spacial score (nSPS) is 13.6. The van der Waals surface area contributed by atoms with Gasteiger partial charge in [-0.1, -0.05) is 17.7 Å². The van der Waals surface area contributed by atoms with E-state index in [-0.39, 0.29) is 5.56 Å². The SMILES string of the molecule is O=C(O)c1cc(Cl)cc(-c2ccc3c(c2)OCCCO3)c1. The second-order valence-corrected chi connectivity index (χ2v) is 5.18. The van der Waals surface area contributed by atoms with Crippen molar-refractivity contribution in [1.29, 1.82) is 0 Å². The smallest absolute Gasteiger partial charge is 0.335 e. The van der Waals surface area contributed by atoms with Crippen LogP contribution in [0.2, 0.25) is 5.02 Å². The van der Waals surface area contributed by atoms with E-state index in [9.17, 15) is 4.79 Å². The average molecular weight is 305 g/mol. The maximum Gasteiger partial charge on any atom is 0.335 e. The molecule has 0 saturated heterocycles. The van der Waals surface area contributed by atoms with E-state index in [4.69, 9.17) is 26.2 Å². The van der Waals surface area contributed by atoms with Crippen LogP contribution in [0.3, 0.4) is 0 Å². The molecule has 4 nitrogen and oxygen atoms in total. The lowest BCUT2D eigenvalue weighted by Crippen LogP contribution is -1.97. The highest BCUT2D eigenvalue weighted by Crippen LogP contribution is 2.35. The minimum absolute atomic E-state index is 0.157. The predicted molar refractivity (Wildman–Crippen MR) is 79.5 cm³/mol. The summed E-state index contributed by atoms with van der Waals surface area (Å²) in [5, 5.41) is 9.49. The monoisotopic (exact) mass is 304 g/mol. The average Bonchev–Trinajstić information content (AvgIpc) is 2.70. The number of halogens is 1. The maximum absolute atomic E-state index is 11.1. The number of rotatable bonds is 2. The Balaban J connectivity index is 2.04. The summed E-state index contributed by atoms with van der Waals surface area (Å²) in [5.41, 5.74) is 1.73. The van der Waals surface area contributed by atoms with Gasteiger partial charge < -0.3 is 14.6 Å². The number of carboxylic acids is 1. The third-order valence-electron chi connectivity index (χ3n) is 3.23. The summed E-state index contributed by atoms with van der Waals surface area (Å²) in [6.45, 7) is 1.24. The molecule has 0 aromatic heterocycles. The molecule has 0 aliphatic carbocycles. The number of aromatic carboxylic acids is 1. The molecule has 1 aliphatic rings. The van der Waals surface area contributed by atoms with Gasteiger partial charge in [0.25, 0.3) is 0 Å². The van der Waals surface area contributed by atoms with Crippen molar-refractivity contribution in [2.75, 3.05) is 13.2 Å². The molecule has 1 N–H and O–H groups in total. The van der Waals surface area contributed by atoms with Gasteiger partial charge >= 0.3 is 5.97 Å². The van der Waals surface area contributed by atoms with E-state index >= 15 is 0 Å². The zero-order valence-corrected chi connectivity index (χ0v) is 11.9. The highest BCUT2D eigenvalue weighted by Gasteiger charge is 2.13. The standard InChI is InChI=1S/C16H13ClO4/c17-13-7-11(6-12(8-13)16(18)19)10-2-3-14-15(9-10)21-5-1-4-20-14/h2-3,6-9H,1,4-5H2,(H,18,19). The molecular formula is C16H13ClO4. The van der Waals surface area contributed by atoms with Crippen molar-refractivity contribution in [3.63, 3.8) is 0 Å². The van der Waals surface area contributed by atoms with E-state index in [1.807, 2.05) is 18.2 Å². The zero-order chi connectivity index (χ0) is 14.8. The first-order valence-electron chi connectivity index (χ1n) is 6.57. The molecule has 2 aromatic carbocycles. The molecule has 21 heavy (non-hydrogen) atoms. The topological polar surface area (TPSA) is 55.8 Å². The number of ether oxygens (including phenoxy) is 2. The lowest BCUT2D eigenvalue weighted by Gasteiger charge is -2.10. The Bertz CT molecular complexity index is 697. The number of hydrogen-bond acceptors (Lipinski definition) is 3. The molecule has 1 aliphatic heterocycles. The fourth-order valence-corrected chi connectivity index (χ4v) is 2.46. The van der Waals surface area contributed by atoms with Crippen LogP contribution in [0, 0.1) is 0 Å². The van der Waals surface area contributed by atoms with Crippen molar-refractivity contribution in [3.05, 3.63) is 47.0 Å². The van der Waals surface area contributed by atoms with Crippen LogP contribution < -0.4 is 9.47 Å². The Morgan fingerprint density at radius 1 is 1.00 bits per heavy atom. The van der Waals surface area contributed by atoms with Crippen molar-refractivity contribution < 1.29 is 19.4 Å². The summed E-state index contributed by atoms with van der Waals surface area (Å²) in [6, 6.07) is 10.3. The van der Waals surface area contributed by atoms with Gasteiger partial charge in [0.1, 0.15) is 0 Å². The molecule has 0 amide bonds. The Hall–Kier alpha value is -2.20. The van der Waals surface area contributed by atoms with E-state index in [2.05, 4.69) is 0 Å². The minimum atomic E-state index is -1.01. The number of carboxylic acid groups (broad SMARTS) is 1. The van der Waals surface area contributed by atoms with E-state index in [1.54, 1.807) is 12.1 Å². The molecule has 3 rings (SSSR count). The fraction of sp³-hybridized carbons (Fsp3) is 0.188. The molecule has 1 heterocycles. The van der Waals surface area contributed by atoms with E-state index in [1.165, 1.54) is 6.07 Å². The van der Waals surface area contributed by atoms with Crippen LogP contribution in [-0.2, 0) is 0 Å². The first-order chi connectivity index (χ1) is 10.1. The van der Waals surface area contributed by atoms with Crippen molar-refractivity contribution in [2.24, 2.45) is 0 Å². The van der Waals surface area contributed by atoms with Crippen molar-refractivity contribution in [2.45, 2.75) is 6.42 Å². The summed E-state index contributed by atoms with van der Waals surface area (Å²) < 4.78 is 11.2. The second-order valence-electron chi connectivity index (χ2n) is 4.75. The Morgan fingerprint density at radius 3 is 2.52 bits per heavy atom. The van der Waals surface area contributed by atoms with Gasteiger partial charge in [0.2, 0.25) is 0 Å². The molecule has 0 unspecified atom stereocenters. The summed E-state index contributed by atoms with van der Waals surface area (Å²) in [7, 11) is 0. The number of benzene rings is 2. The van der Waals surface area contributed by atoms with Crippen molar-refractivity contribution >= 4 is 17.6 Å². The molecule has 0 saturated carbocycles. The summed E-state index contributed by atoms with van der Waals surface area (Å²) in [6.07, 6.45) is 0.838. The Morgan fingerprint density at radius 2 is 1.76 bits per heavy atom. The minimum Gasteiger partial charge on any atom is -0.490 e. The van der Waals surface area contributed by atoms with Gasteiger partial charge in [0, 0.05) is 11.4 Å². The molecule has 0 atom stereocenters. The fourth-order valence-electron chi connectivity index (χ4n) is 2.22. The van der Waals surface area contributed by atoms with Gasteiger partial charge in [0.15, 0.2) is 11.5 Å². The van der Waals surface area contributed by atoms with Gasteiger partial charge in [-0.3, -0.25) is 0 Å². The quantitative estimate of drug-likeness (QED) is 0.915. The largest absolute Gasteiger partial charge is 0.490 e. The number of fused-ring (bicyclic) bond motifs is 1. The molecule has 108 valence electrons. The summed E-state index contributed by atoms with van der Waals surface area (Å²) in [4.78, 5) is 11.1. The molecule has 0 radical (unpaired) electrons. The summed E-state index contributed by atoms with van der Waals surface area (Å²) in [5.74, 6) is 0.367. The van der Waals surface area contributed by atoms with Gasteiger partial charge in [-0.25, -0.2) is 4.79 Å². The first kappa shape index (κ1) is 13.8. The molecule has 2 aromatic rings. The van der Waals surface area contributed by atoms with Gasteiger partial charge in [0.05, 0.1) is 18.8 Å². The highest BCUT2D eigenvalue weighted by molar-refractivity contribution is 6.31. The van der Waals surface area contributed by atoms with Crippen LogP contribution in [-0.4, -0.2) is 24.3 Å². The number of hydrogen-bond donors (Lipinski definition) is 1. The molecule has 0 spiro atoms. The van der Waals surface area contributed by atoms with Crippen LogP contribution in [0.1, 0.15) is 16.8 Å². The van der Waals surface area contributed by atoms with Crippen LogP contribution in [0.4, 0.5) is 0 Å². The first-order valence-corrected chi connectivity index (χ1v) is 6.95. The Labute approximate surface area is 126 Å². The Kier molecular flexibility index (Phi) is 3.71. The van der Waals surface area contributed by atoms with Crippen LogP contribution in [0.15, 0.2) is 36.4 Å². The molecule has 5 heteroatoms. The van der Waals surface area contributed by atoms with E-state index < -0.39 is 5.97 Å². The van der Waals surface area contributed by atoms with Crippen LogP contribution >= 0.6 is 11.6 Å². The van der Waals surface area contributed by atoms with Gasteiger partial charge in [-0.2, -0.15) is 0 Å². The number of carbonyl (C=O) groups is 1. The molecule has 0 fully saturated rings. The third-order valence-corrected chi connectivity index (χ3v) is 3.44. The van der Waals surface area contributed by atoms with E-state index in [0.717, 1.165) is 17.5 Å². The predicted octanol–water partition coefficient (Wildman–Crippen LogP) is 3.87. The lowest BCUT2D eigenvalue weighted by atomic mass is 10.0. The highest BCUT2D eigenvalue weighted by atomic mass is 35.5. The lowest BCUT2D eigenvalue weighted by molar-refractivity contribution is 0.0697. The van der Waals surface area contributed by atoms with Gasteiger partial charge in [-0.05, 0) is 41.5 Å². The van der Waals surface area contributed by atoms with Crippen LogP contribution in [0.5, 0.6) is 11.5 Å². The van der Waals surface area contributed by atoms with Gasteiger partial charge in [-0.15, -0.1) is 0 Å². The second kappa shape index (κ2) is 5.66. The zero-order valence-electron chi connectivity index (χ0n) is 11.1. The summed E-state index contributed by atoms with van der Waals surface area (Å²) >= 11 is 5.99. The molecular weight excluding hydrogens is 292 g/mol. The third kappa shape index (κ3) is 2.95. The van der Waals surface area contributed by atoms with Crippen molar-refractivity contribution in [3.8, 4) is 22.6 Å². The van der Waals surface area contributed by atoms with Crippen molar-refractivity contribution in [1.82, 2.24) is 0 Å². The van der Waals surface area contributed by atoms with Crippen LogP contribution in [0.25, 0.3) is 11.1 Å². The maximum atomic E-state index is 11.1. The van der Waals surface area contributed by atoms with E-state index in [0.29, 0.717) is 29.7 Å².